The molecule has 14 heavy (non-hydrogen) atoms. The van der Waals surface area contributed by atoms with E-state index in [1.54, 1.807) is 30.1 Å². The predicted molar refractivity (Wildman–Crippen MR) is 56.3 cm³/mol. The molecule has 72 valence electrons. The second-order valence-electron chi connectivity index (χ2n) is 2.83. The summed E-state index contributed by atoms with van der Waals surface area (Å²) in [5.41, 5.74) is 7.90. The molecule has 0 saturated heterocycles. The zero-order chi connectivity index (χ0) is 10.1. The second kappa shape index (κ2) is 3.38. The van der Waals surface area contributed by atoms with Gasteiger partial charge in [-0.2, -0.15) is 0 Å². The molecule has 0 fully saturated rings. The van der Waals surface area contributed by atoms with Gasteiger partial charge in [-0.15, -0.1) is 5.10 Å². The molecule has 2 aromatic rings. The highest BCUT2D eigenvalue weighted by atomic mass is 79.9. The van der Waals surface area contributed by atoms with E-state index in [9.17, 15) is 0 Å². The molecular formula is C8H8BrN5. The minimum absolute atomic E-state index is 0.665. The molecule has 0 aliphatic rings. The Morgan fingerprint density at radius 2 is 2.29 bits per heavy atom. The molecule has 6 heteroatoms. The average Bonchev–Trinajstić information content (AvgIpc) is 2.46. The number of aromatic nitrogens is 4. The molecule has 0 spiro atoms. The summed E-state index contributed by atoms with van der Waals surface area (Å²) in [6.45, 7) is 0. The molecule has 2 N–H and O–H groups in total. The van der Waals surface area contributed by atoms with Crippen LogP contribution in [0.1, 0.15) is 0 Å². The van der Waals surface area contributed by atoms with Crippen molar-refractivity contribution in [2.75, 3.05) is 5.73 Å². The smallest absolute Gasteiger partial charge is 0.157 e. The number of rotatable bonds is 1. The normalized spacial score (nSPS) is 10.4. The topological polar surface area (TPSA) is 69.6 Å². The van der Waals surface area contributed by atoms with Crippen LogP contribution in [0, 0.1) is 0 Å². The van der Waals surface area contributed by atoms with Crippen LogP contribution in [0.25, 0.3) is 11.4 Å². The summed E-state index contributed by atoms with van der Waals surface area (Å²) in [6.07, 6.45) is 1.66. The number of aryl methyl sites for hydroxylation is 1. The third kappa shape index (κ3) is 1.48. The van der Waals surface area contributed by atoms with Gasteiger partial charge in [0.1, 0.15) is 5.69 Å². The molecule has 0 atom stereocenters. The summed E-state index contributed by atoms with van der Waals surface area (Å²) in [5.74, 6) is 0. The van der Waals surface area contributed by atoms with Crippen molar-refractivity contribution in [1.29, 1.82) is 0 Å². The molecule has 0 saturated carbocycles. The number of hydrogen-bond donors (Lipinski definition) is 1. The minimum atomic E-state index is 0.665. The summed E-state index contributed by atoms with van der Waals surface area (Å²) in [7, 11) is 1.80. The summed E-state index contributed by atoms with van der Waals surface area (Å²) >= 11 is 3.30. The van der Waals surface area contributed by atoms with Gasteiger partial charge in [0.15, 0.2) is 4.60 Å². The molecule has 0 amide bonds. The largest absolute Gasteiger partial charge is 0.399 e. The van der Waals surface area contributed by atoms with Crippen LogP contribution in [0.4, 0.5) is 5.69 Å². The number of nitrogens with two attached hydrogens (primary N) is 1. The van der Waals surface area contributed by atoms with E-state index >= 15 is 0 Å². The van der Waals surface area contributed by atoms with Crippen LogP contribution in [-0.4, -0.2) is 20.0 Å². The predicted octanol–water partition coefficient (Wildman–Crippen LogP) is 1.22. The minimum Gasteiger partial charge on any atom is -0.399 e. The molecule has 2 heterocycles. The van der Waals surface area contributed by atoms with E-state index in [1.807, 2.05) is 0 Å². The first-order chi connectivity index (χ1) is 6.68. The molecule has 0 bridgehead atoms. The fraction of sp³-hybridized carbons (Fsp3) is 0.125. The van der Waals surface area contributed by atoms with Crippen molar-refractivity contribution < 1.29 is 0 Å². The summed E-state index contributed by atoms with van der Waals surface area (Å²) in [6, 6.07) is 3.52. The number of halogens is 1. The fourth-order valence-electron chi connectivity index (χ4n) is 1.18. The van der Waals surface area contributed by atoms with Crippen molar-refractivity contribution >= 4 is 21.6 Å². The molecule has 2 rings (SSSR count). The third-order valence-corrected chi connectivity index (χ3v) is 2.35. The lowest BCUT2D eigenvalue weighted by molar-refractivity contribution is 0.718. The van der Waals surface area contributed by atoms with Gasteiger partial charge in [-0.25, -0.2) is 4.68 Å². The Morgan fingerprint density at radius 3 is 2.86 bits per heavy atom. The molecule has 5 nitrogen and oxygen atoms in total. The molecule has 0 aliphatic heterocycles. The Labute approximate surface area is 89.1 Å². The zero-order valence-corrected chi connectivity index (χ0v) is 9.06. The van der Waals surface area contributed by atoms with E-state index in [1.165, 1.54) is 0 Å². The monoisotopic (exact) mass is 253 g/mol. The van der Waals surface area contributed by atoms with Crippen LogP contribution in [0.5, 0.6) is 0 Å². The van der Waals surface area contributed by atoms with Crippen molar-refractivity contribution in [3.63, 3.8) is 0 Å². The maximum absolute atomic E-state index is 5.66. The molecule has 0 unspecified atom stereocenters. The highest BCUT2D eigenvalue weighted by Gasteiger charge is 2.11. The first-order valence-corrected chi connectivity index (χ1v) is 4.75. The van der Waals surface area contributed by atoms with Crippen LogP contribution in [0.2, 0.25) is 0 Å². The fourth-order valence-corrected chi connectivity index (χ4v) is 1.71. The van der Waals surface area contributed by atoms with E-state index in [-0.39, 0.29) is 0 Å². The number of anilines is 1. The SMILES string of the molecule is Cn1nnc(Br)c1-c1cc(N)ccn1. The Bertz CT molecular complexity index is 445. The first-order valence-electron chi connectivity index (χ1n) is 3.95. The number of nitrogens with zero attached hydrogens (tertiary/aromatic N) is 4. The summed E-state index contributed by atoms with van der Waals surface area (Å²) < 4.78 is 2.31. The van der Waals surface area contributed by atoms with Gasteiger partial charge in [-0.3, -0.25) is 4.98 Å². The van der Waals surface area contributed by atoms with Crippen molar-refractivity contribution in [3.8, 4) is 11.4 Å². The number of nitrogen functional groups attached to an aromatic ring is 1. The molecule has 0 aliphatic carbocycles. The van der Waals surface area contributed by atoms with Crippen LogP contribution >= 0.6 is 15.9 Å². The van der Waals surface area contributed by atoms with Gasteiger partial charge in [0, 0.05) is 18.9 Å². The van der Waals surface area contributed by atoms with Gasteiger partial charge >= 0.3 is 0 Å². The average molecular weight is 254 g/mol. The third-order valence-electron chi connectivity index (χ3n) is 1.81. The lowest BCUT2D eigenvalue weighted by Crippen LogP contribution is -1.96. The Balaban J connectivity index is 2.59. The highest BCUT2D eigenvalue weighted by Crippen LogP contribution is 2.24. The number of hydrogen-bond acceptors (Lipinski definition) is 4. The molecular weight excluding hydrogens is 246 g/mol. The number of pyridine rings is 1. The van der Waals surface area contributed by atoms with Crippen molar-refractivity contribution in [2.24, 2.45) is 7.05 Å². The van der Waals surface area contributed by atoms with Gasteiger partial charge in [0.2, 0.25) is 0 Å². The van der Waals surface area contributed by atoms with E-state index in [0.717, 1.165) is 11.4 Å². The lowest BCUT2D eigenvalue weighted by atomic mass is 10.2. The van der Waals surface area contributed by atoms with Gasteiger partial charge in [0.05, 0.1) is 5.69 Å². The highest BCUT2D eigenvalue weighted by molar-refractivity contribution is 9.10. The maximum atomic E-state index is 5.66. The maximum Gasteiger partial charge on any atom is 0.157 e. The van der Waals surface area contributed by atoms with Gasteiger partial charge in [-0.1, -0.05) is 5.21 Å². The van der Waals surface area contributed by atoms with Crippen LogP contribution in [0.3, 0.4) is 0 Å². The zero-order valence-electron chi connectivity index (χ0n) is 7.48. The Kier molecular flexibility index (Phi) is 2.20. The lowest BCUT2D eigenvalue weighted by Gasteiger charge is -2.01. The molecule has 0 aromatic carbocycles. The van der Waals surface area contributed by atoms with E-state index in [2.05, 4.69) is 31.2 Å². The standard InChI is InChI=1S/C8H8BrN5/c1-14-7(8(9)12-13-14)6-4-5(10)2-3-11-6/h2-4H,1H3,(H2,10,11). The van der Waals surface area contributed by atoms with Gasteiger partial charge in [0.25, 0.3) is 0 Å². The van der Waals surface area contributed by atoms with Crippen LogP contribution in [-0.2, 0) is 7.05 Å². The molecule has 2 aromatic heterocycles. The second-order valence-corrected chi connectivity index (χ2v) is 3.58. The first kappa shape index (κ1) is 9.14. The van der Waals surface area contributed by atoms with E-state index in [4.69, 9.17) is 5.73 Å². The Hall–Kier alpha value is -1.43. The van der Waals surface area contributed by atoms with Crippen molar-refractivity contribution in [3.05, 3.63) is 22.9 Å². The summed E-state index contributed by atoms with van der Waals surface area (Å²) in [4.78, 5) is 4.19. The Morgan fingerprint density at radius 1 is 1.50 bits per heavy atom. The van der Waals surface area contributed by atoms with Crippen molar-refractivity contribution in [1.82, 2.24) is 20.0 Å². The quantitative estimate of drug-likeness (QED) is 0.830. The van der Waals surface area contributed by atoms with E-state index < -0.39 is 0 Å². The van der Waals surface area contributed by atoms with E-state index in [0.29, 0.717) is 10.3 Å². The van der Waals surface area contributed by atoms with Crippen LogP contribution in [0.15, 0.2) is 22.9 Å². The van der Waals surface area contributed by atoms with Gasteiger partial charge < -0.3 is 5.73 Å². The molecule has 0 radical (unpaired) electrons. The van der Waals surface area contributed by atoms with Crippen LogP contribution < -0.4 is 5.73 Å². The summed E-state index contributed by atoms with van der Waals surface area (Å²) in [5, 5.41) is 7.73. The van der Waals surface area contributed by atoms with Crippen molar-refractivity contribution in [2.45, 2.75) is 0 Å². The van der Waals surface area contributed by atoms with Gasteiger partial charge in [-0.05, 0) is 28.1 Å².